The van der Waals surface area contributed by atoms with E-state index in [2.05, 4.69) is 12.3 Å². The van der Waals surface area contributed by atoms with E-state index >= 15 is 0 Å². The largest absolute Gasteiger partial charge is 0.494 e. The second kappa shape index (κ2) is 9.09. The molecule has 1 aromatic heterocycles. The molecule has 1 aliphatic rings. The number of carbonyl (C=O) groups excluding carboxylic acids is 1. The minimum atomic E-state index is -0.0284. The van der Waals surface area contributed by atoms with Crippen LogP contribution in [0.25, 0.3) is 11.3 Å². The number of anilines is 1. The summed E-state index contributed by atoms with van der Waals surface area (Å²) in [6, 6.07) is 15.7. The summed E-state index contributed by atoms with van der Waals surface area (Å²) < 4.78 is 11.4. The van der Waals surface area contributed by atoms with E-state index in [1.807, 2.05) is 48.5 Å². The van der Waals surface area contributed by atoms with E-state index in [9.17, 15) is 4.79 Å². The average molecular weight is 409 g/mol. The molecule has 0 saturated heterocycles. The monoisotopic (exact) mass is 408 g/mol. The number of amides is 1. The lowest BCUT2D eigenvalue weighted by Gasteiger charge is -2.29. The highest BCUT2D eigenvalue weighted by Crippen LogP contribution is 2.36. The molecule has 1 amide bonds. The molecule has 0 fully saturated rings. The van der Waals surface area contributed by atoms with E-state index < -0.39 is 0 Å². The predicted octanol–water partition coefficient (Wildman–Crippen LogP) is 4.96. The van der Waals surface area contributed by atoms with Gasteiger partial charge in [0.05, 0.1) is 23.0 Å². The minimum absolute atomic E-state index is 0.0284. The van der Waals surface area contributed by atoms with Crippen LogP contribution in [-0.2, 0) is 11.2 Å². The summed E-state index contributed by atoms with van der Waals surface area (Å²) in [5.74, 6) is 1.55. The third kappa shape index (κ3) is 4.59. The number of thiazole rings is 1. The number of fused-ring (bicyclic) bond motifs is 1. The van der Waals surface area contributed by atoms with Gasteiger partial charge in [-0.15, -0.1) is 11.3 Å². The van der Waals surface area contributed by atoms with Gasteiger partial charge in [0.1, 0.15) is 11.5 Å². The van der Waals surface area contributed by atoms with Crippen LogP contribution < -0.4 is 14.4 Å². The fraction of sp³-hybridized carbons (Fsp3) is 0.304. The molecule has 0 aliphatic carbocycles. The minimum Gasteiger partial charge on any atom is -0.494 e. The number of aromatic nitrogens is 1. The van der Waals surface area contributed by atoms with E-state index in [4.69, 9.17) is 14.5 Å². The Bertz CT molecular complexity index is 971. The maximum absolute atomic E-state index is 12.5. The van der Waals surface area contributed by atoms with Crippen LogP contribution in [-0.4, -0.2) is 30.6 Å². The molecule has 0 N–H and O–H groups in total. The van der Waals surface area contributed by atoms with Crippen LogP contribution in [0.15, 0.2) is 53.9 Å². The van der Waals surface area contributed by atoms with Crippen molar-refractivity contribution in [3.8, 4) is 22.8 Å². The van der Waals surface area contributed by atoms with Crippen molar-refractivity contribution in [1.82, 2.24) is 4.98 Å². The second-order valence-electron chi connectivity index (χ2n) is 6.91. The van der Waals surface area contributed by atoms with Crippen molar-refractivity contribution in [2.45, 2.75) is 26.2 Å². The molecule has 0 atom stereocenters. The standard InChI is InChI=1S/C23H24N2O3S/c1-2-7-22-24-19(16-29-22)17-10-11-21-20(14-17)25(23(26)15-28-21)12-6-13-27-18-8-4-3-5-9-18/h3-5,8-11,14,16H,2,6-7,12-13,15H2,1H3. The number of aryl methyl sites for hydroxylation is 1. The highest BCUT2D eigenvalue weighted by atomic mass is 32.1. The van der Waals surface area contributed by atoms with Gasteiger partial charge in [-0.1, -0.05) is 25.1 Å². The van der Waals surface area contributed by atoms with Crippen molar-refractivity contribution >= 4 is 22.9 Å². The zero-order valence-corrected chi connectivity index (χ0v) is 17.3. The molecule has 5 nitrogen and oxygen atoms in total. The Morgan fingerprint density at radius 1 is 1.21 bits per heavy atom. The van der Waals surface area contributed by atoms with Gasteiger partial charge in [0.2, 0.25) is 0 Å². The molecule has 1 aliphatic heterocycles. The third-order valence-corrected chi connectivity index (χ3v) is 5.66. The number of ether oxygens (including phenoxy) is 2. The van der Waals surface area contributed by atoms with Crippen LogP contribution in [0.3, 0.4) is 0 Å². The highest BCUT2D eigenvalue weighted by molar-refractivity contribution is 7.09. The molecule has 0 radical (unpaired) electrons. The van der Waals surface area contributed by atoms with Gasteiger partial charge >= 0.3 is 0 Å². The summed E-state index contributed by atoms with van der Waals surface area (Å²) in [5.41, 5.74) is 2.77. The number of hydrogen-bond acceptors (Lipinski definition) is 5. The molecule has 4 rings (SSSR count). The van der Waals surface area contributed by atoms with Gasteiger partial charge in [-0.3, -0.25) is 4.79 Å². The molecular formula is C23H24N2O3S. The van der Waals surface area contributed by atoms with Gasteiger partial charge in [-0.2, -0.15) is 0 Å². The van der Waals surface area contributed by atoms with Gasteiger partial charge in [-0.25, -0.2) is 4.98 Å². The Balaban J connectivity index is 1.47. The van der Waals surface area contributed by atoms with E-state index in [1.54, 1.807) is 16.2 Å². The van der Waals surface area contributed by atoms with Crippen molar-refractivity contribution < 1.29 is 14.3 Å². The fourth-order valence-electron chi connectivity index (χ4n) is 3.31. The Labute approximate surface area is 174 Å². The first-order valence-corrected chi connectivity index (χ1v) is 10.8. The molecule has 2 heterocycles. The number of nitrogens with zero attached hydrogens (tertiary/aromatic N) is 2. The van der Waals surface area contributed by atoms with E-state index in [0.717, 1.165) is 52.7 Å². The van der Waals surface area contributed by atoms with Crippen molar-refractivity contribution in [3.63, 3.8) is 0 Å². The van der Waals surface area contributed by atoms with Crippen molar-refractivity contribution in [2.75, 3.05) is 24.7 Å². The lowest BCUT2D eigenvalue weighted by molar-refractivity contribution is -0.121. The topological polar surface area (TPSA) is 51.7 Å². The first-order valence-electron chi connectivity index (χ1n) is 9.94. The molecule has 150 valence electrons. The predicted molar refractivity (Wildman–Crippen MR) is 116 cm³/mol. The lowest BCUT2D eigenvalue weighted by atomic mass is 10.1. The van der Waals surface area contributed by atoms with Gasteiger partial charge in [0.25, 0.3) is 5.91 Å². The summed E-state index contributed by atoms with van der Waals surface area (Å²) in [6.07, 6.45) is 2.81. The molecule has 29 heavy (non-hydrogen) atoms. The maximum atomic E-state index is 12.5. The number of para-hydroxylation sites is 1. The van der Waals surface area contributed by atoms with Crippen LogP contribution in [0, 0.1) is 0 Å². The molecule has 6 heteroatoms. The molecule has 0 bridgehead atoms. The van der Waals surface area contributed by atoms with E-state index in [0.29, 0.717) is 13.2 Å². The van der Waals surface area contributed by atoms with Crippen LogP contribution in [0.1, 0.15) is 24.8 Å². The second-order valence-corrected chi connectivity index (χ2v) is 7.85. The van der Waals surface area contributed by atoms with Crippen LogP contribution in [0.2, 0.25) is 0 Å². The summed E-state index contributed by atoms with van der Waals surface area (Å²) >= 11 is 1.68. The molecule has 0 spiro atoms. The summed E-state index contributed by atoms with van der Waals surface area (Å²) in [7, 11) is 0. The van der Waals surface area contributed by atoms with Crippen molar-refractivity contribution in [2.24, 2.45) is 0 Å². The first-order chi connectivity index (χ1) is 14.2. The smallest absolute Gasteiger partial charge is 0.265 e. The van der Waals surface area contributed by atoms with Gasteiger partial charge in [0.15, 0.2) is 6.61 Å². The van der Waals surface area contributed by atoms with Gasteiger partial charge in [0, 0.05) is 17.5 Å². The maximum Gasteiger partial charge on any atom is 0.265 e. The highest BCUT2D eigenvalue weighted by Gasteiger charge is 2.26. The molecule has 3 aromatic rings. The van der Waals surface area contributed by atoms with Crippen LogP contribution in [0.4, 0.5) is 5.69 Å². The Morgan fingerprint density at radius 2 is 2.07 bits per heavy atom. The van der Waals surface area contributed by atoms with Gasteiger partial charge in [-0.05, 0) is 49.6 Å². The Hall–Kier alpha value is -2.86. The molecule has 0 unspecified atom stereocenters. The van der Waals surface area contributed by atoms with E-state index in [1.165, 1.54) is 0 Å². The third-order valence-electron chi connectivity index (χ3n) is 4.75. The zero-order valence-electron chi connectivity index (χ0n) is 16.5. The zero-order chi connectivity index (χ0) is 20.1. The number of rotatable bonds is 8. The Kier molecular flexibility index (Phi) is 6.10. The van der Waals surface area contributed by atoms with Crippen LogP contribution >= 0.6 is 11.3 Å². The van der Waals surface area contributed by atoms with Crippen molar-refractivity contribution in [1.29, 1.82) is 0 Å². The molecule has 0 saturated carbocycles. The number of carbonyl (C=O) groups is 1. The summed E-state index contributed by atoms with van der Waals surface area (Å²) in [6.45, 7) is 3.37. The van der Waals surface area contributed by atoms with Crippen LogP contribution in [0.5, 0.6) is 11.5 Å². The van der Waals surface area contributed by atoms with Gasteiger partial charge < -0.3 is 14.4 Å². The Morgan fingerprint density at radius 3 is 2.90 bits per heavy atom. The average Bonchev–Trinajstić information content (AvgIpc) is 3.22. The molecular weight excluding hydrogens is 384 g/mol. The fourth-order valence-corrected chi connectivity index (χ4v) is 4.22. The SMILES string of the molecule is CCCc1nc(-c2ccc3c(c2)N(CCCOc2ccccc2)C(=O)CO3)cs1. The van der Waals surface area contributed by atoms with Crippen molar-refractivity contribution in [3.05, 3.63) is 58.9 Å². The quantitative estimate of drug-likeness (QED) is 0.495. The normalized spacial score (nSPS) is 13.1. The molecule has 2 aromatic carbocycles. The number of hydrogen-bond donors (Lipinski definition) is 0. The first kappa shape index (κ1) is 19.5. The van der Waals surface area contributed by atoms with E-state index in [-0.39, 0.29) is 12.5 Å². The number of benzene rings is 2. The lowest BCUT2D eigenvalue weighted by Crippen LogP contribution is -2.39. The summed E-state index contributed by atoms with van der Waals surface area (Å²) in [4.78, 5) is 19.0. The summed E-state index contributed by atoms with van der Waals surface area (Å²) in [5, 5.41) is 3.22.